The molecule has 0 bridgehead atoms. The van der Waals surface area contributed by atoms with Gasteiger partial charge in [-0.3, -0.25) is 5.41 Å². The molecule has 0 saturated carbocycles. The van der Waals surface area contributed by atoms with Crippen LogP contribution in [0.3, 0.4) is 0 Å². The predicted molar refractivity (Wildman–Crippen MR) is 109 cm³/mol. The van der Waals surface area contributed by atoms with E-state index in [9.17, 15) is 0 Å². The van der Waals surface area contributed by atoms with Crippen molar-refractivity contribution in [1.29, 1.82) is 10.8 Å². The van der Waals surface area contributed by atoms with E-state index in [0.29, 0.717) is 13.2 Å². The minimum Gasteiger partial charge on any atom is -0.385 e. The van der Waals surface area contributed by atoms with Crippen LogP contribution in [0.2, 0.25) is 0 Å². The van der Waals surface area contributed by atoms with E-state index < -0.39 is 0 Å². The van der Waals surface area contributed by atoms with Gasteiger partial charge in [-0.1, -0.05) is 0 Å². The normalized spacial score (nSPS) is 15.4. The van der Waals surface area contributed by atoms with Crippen LogP contribution in [0.15, 0.2) is 16.3 Å². The molecule has 0 unspecified atom stereocenters. The molecular formula is C19H31N7O. The van der Waals surface area contributed by atoms with Crippen molar-refractivity contribution in [2.45, 2.75) is 46.1 Å². The molecule has 2 rings (SSSR count). The molecule has 0 spiro atoms. The zero-order chi connectivity index (χ0) is 19.8. The summed E-state index contributed by atoms with van der Waals surface area (Å²) in [7, 11) is 1.70. The zero-order valence-corrected chi connectivity index (χ0v) is 16.7. The SMILES string of the molecule is COCCCc1nc(C)[nH]c1/C(=N\C=N)N1CCC(C=N)=C(NC(C)C)C1. The second-order valence-electron chi connectivity index (χ2n) is 6.94. The number of aliphatic imine (C=N–C) groups is 1. The first kappa shape index (κ1) is 20.8. The first-order valence-electron chi connectivity index (χ1n) is 9.35. The van der Waals surface area contributed by atoms with Gasteiger partial charge in [0.1, 0.15) is 17.9 Å². The molecule has 0 fully saturated rings. The number of methoxy groups -OCH3 is 1. The summed E-state index contributed by atoms with van der Waals surface area (Å²) in [6, 6.07) is 0.289. The van der Waals surface area contributed by atoms with Gasteiger partial charge in [0.2, 0.25) is 0 Å². The maximum absolute atomic E-state index is 7.69. The number of ether oxygens (including phenoxy) is 1. The fourth-order valence-corrected chi connectivity index (χ4v) is 3.26. The Hall–Kier alpha value is -2.48. The quantitative estimate of drug-likeness (QED) is 0.302. The molecule has 0 aromatic carbocycles. The van der Waals surface area contributed by atoms with Gasteiger partial charge in [-0.2, -0.15) is 0 Å². The summed E-state index contributed by atoms with van der Waals surface area (Å²) < 4.78 is 5.16. The molecule has 1 aromatic rings. The predicted octanol–water partition coefficient (Wildman–Crippen LogP) is 2.26. The van der Waals surface area contributed by atoms with E-state index in [1.807, 2.05) is 6.92 Å². The highest BCUT2D eigenvalue weighted by Crippen LogP contribution is 2.20. The van der Waals surface area contributed by atoms with E-state index in [4.69, 9.17) is 15.6 Å². The summed E-state index contributed by atoms with van der Waals surface area (Å²) in [6.45, 7) is 8.17. The highest BCUT2D eigenvalue weighted by molar-refractivity contribution is 6.02. The van der Waals surface area contributed by atoms with Crippen molar-refractivity contribution in [2.24, 2.45) is 4.99 Å². The Morgan fingerprint density at radius 1 is 1.44 bits per heavy atom. The third-order valence-electron chi connectivity index (χ3n) is 4.39. The van der Waals surface area contributed by atoms with Gasteiger partial charge in [0.15, 0.2) is 5.84 Å². The molecule has 0 saturated heterocycles. The minimum absolute atomic E-state index is 0.289. The van der Waals surface area contributed by atoms with Crippen molar-refractivity contribution in [3.05, 3.63) is 28.5 Å². The molecular weight excluding hydrogens is 342 g/mol. The Morgan fingerprint density at radius 3 is 2.85 bits per heavy atom. The lowest BCUT2D eigenvalue weighted by Gasteiger charge is -2.33. The highest BCUT2D eigenvalue weighted by Gasteiger charge is 2.25. The van der Waals surface area contributed by atoms with E-state index >= 15 is 0 Å². The number of nitrogens with one attached hydrogen (secondary N) is 4. The standard InChI is InChI=1S/C19H31N7O/c1-13(2)23-17-11-26(8-7-15(17)10-20)19(22-12-21)18-16(6-5-9-27-4)24-14(3)25-18/h10,12-13,20-21,23H,5-9,11H2,1-4H3,(H,24,25)/b20-10?,21-12?,22-19+. The van der Waals surface area contributed by atoms with Crippen LogP contribution in [0.5, 0.6) is 0 Å². The van der Waals surface area contributed by atoms with Crippen molar-refractivity contribution in [2.75, 3.05) is 26.8 Å². The summed E-state index contributed by atoms with van der Waals surface area (Å²) in [5, 5.41) is 18.7. The minimum atomic E-state index is 0.289. The van der Waals surface area contributed by atoms with E-state index in [2.05, 4.69) is 39.0 Å². The molecule has 0 radical (unpaired) electrons. The number of hydrogen-bond acceptors (Lipinski definition) is 5. The fourth-order valence-electron chi connectivity index (χ4n) is 3.26. The molecule has 8 heteroatoms. The molecule has 27 heavy (non-hydrogen) atoms. The number of amidine groups is 1. The molecule has 0 atom stereocenters. The van der Waals surface area contributed by atoms with Gasteiger partial charge in [0.25, 0.3) is 0 Å². The molecule has 148 valence electrons. The lowest BCUT2D eigenvalue weighted by Crippen LogP contribution is -2.42. The maximum atomic E-state index is 7.69. The molecule has 1 aliphatic heterocycles. The summed E-state index contributed by atoms with van der Waals surface area (Å²) in [5.41, 5.74) is 3.89. The Kier molecular flexibility index (Phi) is 7.72. The van der Waals surface area contributed by atoms with Crippen LogP contribution in [0, 0.1) is 17.7 Å². The van der Waals surface area contributed by atoms with Crippen molar-refractivity contribution in [1.82, 2.24) is 20.2 Å². The average molecular weight is 374 g/mol. The molecule has 0 amide bonds. The van der Waals surface area contributed by atoms with Gasteiger partial charge < -0.3 is 25.3 Å². The zero-order valence-electron chi connectivity index (χ0n) is 16.7. The number of aromatic amines is 1. The molecule has 1 aliphatic rings. The molecule has 1 aromatic heterocycles. The summed E-state index contributed by atoms with van der Waals surface area (Å²) in [5.74, 6) is 1.56. The third-order valence-corrected chi connectivity index (χ3v) is 4.39. The number of H-pyrrole nitrogens is 1. The van der Waals surface area contributed by atoms with Gasteiger partial charge in [0.05, 0.1) is 12.2 Å². The Bertz CT molecular complexity index is 718. The number of imidazole rings is 1. The monoisotopic (exact) mass is 373 g/mol. The Balaban J connectivity index is 2.31. The van der Waals surface area contributed by atoms with E-state index in [1.165, 1.54) is 6.21 Å². The van der Waals surface area contributed by atoms with Gasteiger partial charge in [0, 0.05) is 38.2 Å². The lowest BCUT2D eigenvalue weighted by atomic mass is 10.0. The second-order valence-corrected chi connectivity index (χ2v) is 6.94. The van der Waals surface area contributed by atoms with Gasteiger partial charge >= 0.3 is 0 Å². The van der Waals surface area contributed by atoms with Crippen molar-refractivity contribution in [3.63, 3.8) is 0 Å². The van der Waals surface area contributed by atoms with Gasteiger partial charge in [-0.15, -0.1) is 0 Å². The van der Waals surface area contributed by atoms with E-state index in [-0.39, 0.29) is 6.04 Å². The van der Waals surface area contributed by atoms with Crippen LogP contribution in [0.1, 0.15) is 43.9 Å². The lowest BCUT2D eigenvalue weighted by molar-refractivity contribution is 0.195. The first-order chi connectivity index (χ1) is 13.0. The number of aromatic nitrogens is 2. The number of nitrogens with zero attached hydrogens (tertiary/aromatic N) is 3. The van der Waals surface area contributed by atoms with E-state index in [1.54, 1.807) is 7.11 Å². The molecule has 8 nitrogen and oxygen atoms in total. The first-order valence-corrected chi connectivity index (χ1v) is 9.35. The summed E-state index contributed by atoms with van der Waals surface area (Å²) in [4.78, 5) is 14.5. The van der Waals surface area contributed by atoms with Crippen LogP contribution in [-0.2, 0) is 11.2 Å². The topological polar surface area (TPSA) is 113 Å². The van der Waals surface area contributed by atoms with Gasteiger partial charge in [-0.25, -0.2) is 9.98 Å². The van der Waals surface area contributed by atoms with Crippen molar-refractivity contribution in [3.8, 4) is 0 Å². The Labute approximate surface area is 161 Å². The largest absolute Gasteiger partial charge is 0.385 e. The summed E-state index contributed by atoms with van der Waals surface area (Å²) >= 11 is 0. The second kappa shape index (κ2) is 10.0. The van der Waals surface area contributed by atoms with Crippen LogP contribution in [-0.4, -0.2) is 66.1 Å². The molecule has 0 aliphatic carbocycles. The van der Waals surface area contributed by atoms with Crippen molar-refractivity contribution >= 4 is 18.4 Å². The van der Waals surface area contributed by atoms with Crippen LogP contribution < -0.4 is 5.32 Å². The van der Waals surface area contributed by atoms with Crippen molar-refractivity contribution < 1.29 is 4.74 Å². The van der Waals surface area contributed by atoms with Gasteiger partial charge in [-0.05, 0) is 45.6 Å². The number of rotatable bonds is 9. The maximum Gasteiger partial charge on any atom is 0.156 e. The van der Waals surface area contributed by atoms with Crippen LogP contribution in [0.4, 0.5) is 0 Å². The highest BCUT2D eigenvalue weighted by atomic mass is 16.5. The number of hydrogen-bond donors (Lipinski definition) is 4. The summed E-state index contributed by atoms with van der Waals surface area (Å²) in [6.07, 6.45) is 4.95. The molecule has 4 N–H and O–H groups in total. The Morgan fingerprint density at radius 2 is 2.22 bits per heavy atom. The van der Waals surface area contributed by atoms with E-state index in [0.717, 1.165) is 66.5 Å². The third kappa shape index (κ3) is 5.50. The number of aryl methyl sites for hydroxylation is 2. The molecule has 2 heterocycles. The smallest absolute Gasteiger partial charge is 0.156 e. The van der Waals surface area contributed by atoms with Crippen LogP contribution >= 0.6 is 0 Å². The van der Waals surface area contributed by atoms with Crippen LogP contribution in [0.25, 0.3) is 0 Å². The fraction of sp³-hybridized carbons (Fsp3) is 0.579. The average Bonchev–Trinajstić information content (AvgIpc) is 2.99.